The van der Waals surface area contributed by atoms with Crippen LogP contribution in [0.25, 0.3) is 0 Å². The van der Waals surface area contributed by atoms with Crippen LogP contribution in [0.15, 0.2) is 23.1 Å². The molecule has 1 saturated heterocycles. The monoisotopic (exact) mass is 370 g/mol. The molecule has 0 aromatic heterocycles. The topological polar surface area (TPSA) is 77.1 Å². The summed E-state index contributed by atoms with van der Waals surface area (Å²) < 4.78 is 44.4. The number of rotatable bonds is 6. The zero-order valence-electron chi connectivity index (χ0n) is 14.7. The van der Waals surface area contributed by atoms with Gasteiger partial charge in [-0.2, -0.15) is 0 Å². The maximum atomic E-state index is 12.7. The Hall–Kier alpha value is -1.35. The largest absolute Gasteiger partial charge is 0.486 e. The first-order valence-electron chi connectivity index (χ1n) is 8.68. The fourth-order valence-electron chi connectivity index (χ4n) is 3.16. The number of ether oxygens (including phenoxy) is 3. The van der Waals surface area contributed by atoms with Gasteiger partial charge in [0.05, 0.1) is 18.1 Å². The fraction of sp³-hybridized carbons (Fsp3) is 0.647. The van der Waals surface area contributed by atoms with Crippen molar-refractivity contribution in [2.24, 2.45) is 5.92 Å². The van der Waals surface area contributed by atoms with Crippen LogP contribution in [0, 0.1) is 5.92 Å². The van der Waals surface area contributed by atoms with Crippen LogP contribution in [-0.4, -0.2) is 65.4 Å². The highest BCUT2D eigenvalue weighted by Crippen LogP contribution is 2.32. The van der Waals surface area contributed by atoms with Crippen molar-refractivity contribution in [3.8, 4) is 11.5 Å². The van der Waals surface area contributed by atoms with Crippen molar-refractivity contribution in [1.29, 1.82) is 0 Å². The molecular weight excluding hydrogens is 344 g/mol. The summed E-state index contributed by atoms with van der Waals surface area (Å²) >= 11 is 0. The van der Waals surface area contributed by atoms with Crippen LogP contribution < -0.4 is 14.2 Å². The minimum atomic E-state index is -3.60. The van der Waals surface area contributed by atoms with Gasteiger partial charge in [-0.05, 0) is 18.1 Å². The molecule has 0 bridgehead atoms. The lowest BCUT2D eigenvalue weighted by molar-refractivity contribution is 0.00776. The van der Waals surface area contributed by atoms with Gasteiger partial charge in [0.1, 0.15) is 13.2 Å². The van der Waals surface area contributed by atoms with Crippen LogP contribution in [0.1, 0.15) is 13.8 Å². The third-order valence-electron chi connectivity index (χ3n) is 4.59. The van der Waals surface area contributed by atoms with E-state index < -0.39 is 10.0 Å². The van der Waals surface area contributed by atoms with Gasteiger partial charge in [-0.1, -0.05) is 13.8 Å². The molecular formula is C17H26N2O5S. The molecule has 1 aromatic rings. The molecule has 3 rings (SSSR count). The zero-order valence-corrected chi connectivity index (χ0v) is 15.5. The molecule has 1 atom stereocenters. The second kappa shape index (κ2) is 7.90. The van der Waals surface area contributed by atoms with Crippen LogP contribution in [0.3, 0.4) is 0 Å². The number of fused-ring (bicyclic) bond motifs is 1. The van der Waals surface area contributed by atoms with E-state index in [2.05, 4.69) is 23.5 Å². The Labute approximate surface area is 149 Å². The average Bonchev–Trinajstić information content (AvgIpc) is 2.62. The van der Waals surface area contributed by atoms with Gasteiger partial charge in [-0.3, -0.25) is 4.90 Å². The molecule has 0 radical (unpaired) electrons. The summed E-state index contributed by atoms with van der Waals surface area (Å²) in [6.07, 6.45) is 0. The van der Waals surface area contributed by atoms with Gasteiger partial charge in [0.15, 0.2) is 11.5 Å². The first-order valence-corrected chi connectivity index (χ1v) is 10.2. The number of nitrogens with one attached hydrogen (secondary N) is 1. The molecule has 2 aliphatic heterocycles. The lowest BCUT2D eigenvalue weighted by atomic mass is 10.0. The molecule has 0 amide bonds. The lowest BCUT2D eigenvalue weighted by Crippen LogP contribution is -2.51. The third-order valence-corrected chi connectivity index (χ3v) is 6.01. The van der Waals surface area contributed by atoms with Crippen molar-refractivity contribution in [2.45, 2.75) is 24.8 Å². The van der Waals surface area contributed by atoms with E-state index in [-0.39, 0.29) is 10.9 Å². The quantitative estimate of drug-likeness (QED) is 0.808. The standard InChI is InChI=1S/C17H26N2O5S/c1-13(2)15(19-5-7-22-8-6-19)12-18-25(20,21)14-3-4-16-17(11-14)24-10-9-23-16/h3-4,11,13,15,18H,5-10,12H2,1-2H3/t15-/m0/s1. The van der Waals surface area contributed by atoms with Crippen LogP contribution in [0.4, 0.5) is 0 Å². The van der Waals surface area contributed by atoms with Crippen molar-refractivity contribution in [3.05, 3.63) is 18.2 Å². The molecule has 0 unspecified atom stereocenters. The Bertz CT molecular complexity index is 686. The van der Waals surface area contributed by atoms with E-state index >= 15 is 0 Å². The van der Waals surface area contributed by atoms with Crippen LogP contribution in [-0.2, 0) is 14.8 Å². The molecule has 140 valence electrons. The van der Waals surface area contributed by atoms with Gasteiger partial charge >= 0.3 is 0 Å². The highest BCUT2D eigenvalue weighted by molar-refractivity contribution is 7.89. The number of morpholine rings is 1. The zero-order chi connectivity index (χ0) is 17.9. The Morgan fingerprint density at radius 3 is 2.44 bits per heavy atom. The number of nitrogens with zero attached hydrogens (tertiary/aromatic N) is 1. The number of hydrogen-bond donors (Lipinski definition) is 1. The smallest absolute Gasteiger partial charge is 0.240 e. The van der Waals surface area contributed by atoms with Crippen molar-refractivity contribution >= 4 is 10.0 Å². The summed E-state index contributed by atoms with van der Waals surface area (Å²) in [5.41, 5.74) is 0. The van der Waals surface area contributed by atoms with Crippen molar-refractivity contribution in [2.75, 3.05) is 46.1 Å². The molecule has 8 heteroatoms. The van der Waals surface area contributed by atoms with Gasteiger partial charge in [0, 0.05) is 31.7 Å². The summed E-state index contributed by atoms with van der Waals surface area (Å²) in [6, 6.07) is 4.85. The highest BCUT2D eigenvalue weighted by Gasteiger charge is 2.26. The van der Waals surface area contributed by atoms with Crippen molar-refractivity contribution in [3.63, 3.8) is 0 Å². The maximum absolute atomic E-state index is 12.7. The van der Waals surface area contributed by atoms with Crippen LogP contribution in [0.5, 0.6) is 11.5 Å². The minimum Gasteiger partial charge on any atom is -0.486 e. The minimum absolute atomic E-state index is 0.135. The Kier molecular flexibility index (Phi) is 5.83. The predicted octanol–water partition coefficient (Wildman–Crippen LogP) is 1.09. The number of hydrogen-bond acceptors (Lipinski definition) is 6. The SMILES string of the molecule is CC(C)[C@H](CNS(=O)(=O)c1ccc2c(c1)OCCO2)N1CCOCC1. The van der Waals surface area contributed by atoms with Crippen molar-refractivity contribution in [1.82, 2.24) is 9.62 Å². The molecule has 2 heterocycles. The molecule has 2 aliphatic rings. The van der Waals surface area contributed by atoms with E-state index in [9.17, 15) is 8.42 Å². The summed E-state index contributed by atoms with van der Waals surface area (Å²) in [7, 11) is -3.60. The lowest BCUT2D eigenvalue weighted by Gasteiger charge is -2.36. The first kappa shape index (κ1) is 18.4. The molecule has 25 heavy (non-hydrogen) atoms. The second-order valence-corrected chi connectivity index (χ2v) is 8.38. The second-order valence-electron chi connectivity index (χ2n) is 6.62. The van der Waals surface area contributed by atoms with E-state index in [4.69, 9.17) is 14.2 Å². The number of benzene rings is 1. The van der Waals surface area contributed by atoms with Gasteiger partial charge in [0.2, 0.25) is 10.0 Å². The normalized spacial score (nSPS) is 19.8. The summed E-state index contributed by atoms with van der Waals surface area (Å²) in [4.78, 5) is 2.49. The molecule has 7 nitrogen and oxygen atoms in total. The van der Waals surface area contributed by atoms with Gasteiger partial charge in [0.25, 0.3) is 0 Å². The third kappa shape index (κ3) is 4.44. The maximum Gasteiger partial charge on any atom is 0.240 e. The number of sulfonamides is 1. The Balaban J connectivity index is 1.69. The molecule has 0 spiro atoms. The molecule has 0 saturated carbocycles. The Morgan fingerprint density at radius 1 is 1.08 bits per heavy atom. The van der Waals surface area contributed by atoms with Crippen molar-refractivity contribution < 1.29 is 22.6 Å². The first-order chi connectivity index (χ1) is 12.0. The summed E-state index contributed by atoms with van der Waals surface area (Å²) in [5.74, 6) is 1.39. The summed E-state index contributed by atoms with van der Waals surface area (Å²) in [6.45, 7) is 8.54. The van der Waals surface area contributed by atoms with Crippen LogP contribution in [0.2, 0.25) is 0 Å². The van der Waals surface area contributed by atoms with Crippen LogP contribution >= 0.6 is 0 Å². The Morgan fingerprint density at radius 2 is 1.76 bits per heavy atom. The molecule has 1 aromatic carbocycles. The molecule has 0 aliphatic carbocycles. The fourth-order valence-corrected chi connectivity index (χ4v) is 4.23. The van der Waals surface area contributed by atoms with Gasteiger partial charge < -0.3 is 14.2 Å². The summed E-state index contributed by atoms with van der Waals surface area (Å²) in [5, 5.41) is 0. The molecule has 1 N–H and O–H groups in total. The van der Waals surface area contributed by atoms with E-state index in [1.807, 2.05) is 0 Å². The predicted molar refractivity (Wildman–Crippen MR) is 93.6 cm³/mol. The average molecular weight is 370 g/mol. The van der Waals surface area contributed by atoms with E-state index in [1.54, 1.807) is 12.1 Å². The van der Waals surface area contributed by atoms with Gasteiger partial charge in [-0.25, -0.2) is 13.1 Å². The highest BCUT2D eigenvalue weighted by atomic mass is 32.2. The van der Waals surface area contributed by atoms with E-state index in [0.29, 0.717) is 50.4 Å². The van der Waals surface area contributed by atoms with E-state index in [1.165, 1.54) is 6.07 Å². The van der Waals surface area contributed by atoms with Gasteiger partial charge in [-0.15, -0.1) is 0 Å². The van der Waals surface area contributed by atoms with E-state index in [0.717, 1.165) is 13.1 Å². The molecule has 1 fully saturated rings.